The van der Waals surface area contributed by atoms with Gasteiger partial charge in [0.1, 0.15) is 0 Å². The first-order valence-electron chi connectivity index (χ1n) is 6.33. The summed E-state index contributed by atoms with van der Waals surface area (Å²) in [5, 5.41) is 0. The molecule has 0 saturated heterocycles. The molecule has 0 bridgehead atoms. The lowest BCUT2D eigenvalue weighted by Gasteiger charge is -2.14. The van der Waals surface area contributed by atoms with Crippen LogP contribution < -0.4 is 0 Å². The lowest BCUT2D eigenvalue weighted by molar-refractivity contribution is 0.503. The second-order valence-corrected chi connectivity index (χ2v) is 6.03. The molecule has 0 aliphatic rings. The predicted octanol–water partition coefficient (Wildman–Crippen LogP) is 5.37. The van der Waals surface area contributed by atoms with Crippen LogP contribution in [0.1, 0.15) is 11.1 Å². The highest BCUT2D eigenvalue weighted by Crippen LogP contribution is 2.19. The molecule has 0 amide bonds. The van der Waals surface area contributed by atoms with Crippen molar-refractivity contribution >= 4 is 27.5 Å². The van der Waals surface area contributed by atoms with E-state index < -0.39 is 11.6 Å². The van der Waals surface area contributed by atoms with Crippen molar-refractivity contribution < 1.29 is 8.78 Å². The first-order valence-corrected chi connectivity index (χ1v) is 7.65. The van der Waals surface area contributed by atoms with E-state index in [-0.39, 0.29) is 5.92 Å². The third-order valence-corrected chi connectivity index (χ3v) is 4.13. The molecule has 1 atom stereocenters. The van der Waals surface area contributed by atoms with Crippen molar-refractivity contribution in [3.05, 3.63) is 69.7 Å². The fourth-order valence-corrected chi connectivity index (χ4v) is 2.62. The van der Waals surface area contributed by atoms with E-state index in [1.54, 1.807) is 6.07 Å². The van der Waals surface area contributed by atoms with Crippen molar-refractivity contribution in [2.24, 2.45) is 5.92 Å². The summed E-state index contributed by atoms with van der Waals surface area (Å²) in [7, 11) is 0. The monoisotopic (exact) mass is 358 g/mol. The molecule has 0 heterocycles. The van der Waals surface area contributed by atoms with Gasteiger partial charge in [-0.05, 0) is 54.2 Å². The number of alkyl halides is 1. The molecule has 1 unspecified atom stereocenters. The second-order valence-electron chi connectivity index (χ2n) is 4.80. The molecule has 0 nitrogen and oxygen atoms in total. The van der Waals surface area contributed by atoms with Gasteiger partial charge in [-0.3, -0.25) is 0 Å². The Morgan fingerprint density at radius 1 is 0.900 bits per heavy atom. The van der Waals surface area contributed by atoms with Gasteiger partial charge in [-0.15, -0.1) is 11.6 Å². The van der Waals surface area contributed by atoms with Gasteiger partial charge in [0.25, 0.3) is 0 Å². The Hall–Kier alpha value is -0.930. The molecule has 0 aliphatic heterocycles. The van der Waals surface area contributed by atoms with Crippen LogP contribution in [-0.2, 0) is 12.8 Å². The Morgan fingerprint density at radius 3 is 2.10 bits per heavy atom. The molecule has 0 saturated carbocycles. The van der Waals surface area contributed by atoms with E-state index in [0.29, 0.717) is 12.3 Å². The first-order chi connectivity index (χ1) is 9.58. The van der Waals surface area contributed by atoms with E-state index in [0.717, 1.165) is 22.5 Å². The summed E-state index contributed by atoms with van der Waals surface area (Å²) < 4.78 is 27.1. The van der Waals surface area contributed by atoms with Gasteiger partial charge in [0.2, 0.25) is 0 Å². The molecule has 2 aromatic carbocycles. The summed E-state index contributed by atoms with van der Waals surface area (Å²) in [6.07, 6.45) is 1.45. The summed E-state index contributed by atoms with van der Waals surface area (Å²) in [5.41, 5.74) is 1.95. The van der Waals surface area contributed by atoms with Gasteiger partial charge in [0, 0.05) is 10.4 Å². The zero-order chi connectivity index (χ0) is 14.5. The smallest absolute Gasteiger partial charge is 0.159 e. The molecule has 0 spiro atoms. The van der Waals surface area contributed by atoms with Crippen LogP contribution in [0.25, 0.3) is 0 Å². The summed E-state index contributed by atoms with van der Waals surface area (Å²) >= 11 is 9.39. The largest absolute Gasteiger partial charge is 0.204 e. The molecular weight excluding hydrogens is 346 g/mol. The third-order valence-electron chi connectivity index (χ3n) is 3.16. The van der Waals surface area contributed by atoms with Crippen molar-refractivity contribution in [1.82, 2.24) is 0 Å². The molecule has 4 heteroatoms. The van der Waals surface area contributed by atoms with Crippen molar-refractivity contribution in [3.63, 3.8) is 0 Å². The number of hydrogen-bond donors (Lipinski definition) is 0. The molecule has 2 rings (SSSR count). The standard InChI is InChI=1S/C16H14BrClF2/c17-14-4-1-11(2-5-14)7-13(10-18)8-12-3-6-15(19)16(20)9-12/h1-6,9,13H,7-8,10H2. The molecule has 2 aromatic rings. The van der Waals surface area contributed by atoms with Crippen LogP contribution in [0.2, 0.25) is 0 Å². The predicted molar refractivity (Wildman–Crippen MR) is 82.1 cm³/mol. The average Bonchev–Trinajstić information content (AvgIpc) is 2.44. The second kappa shape index (κ2) is 7.19. The van der Waals surface area contributed by atoms with Gasteiger partial charge in [0.05, 0.1) is 0 Å². The lowest BCUT2D eigenvalue weighted by atomic mass is 9.94. The van der Waals surface area contributed by atoms with E-state index in [4.69, 9.17) is 11.6 Å². The minimum atomic E-state index is -0.816. The quantitative estimate of drug-likeness (QED) is 0.630. The van der Waals surface area contributed by atoms with Gasteiger partial charge >= 0.3 is 0 Å². The Morgan fingerprint density at radius 2 is 1.50 bits per heavy atom. The molecule has 0 aromatic heterocycles. The zero-order valence-corrected chi connectivity index (χ0v) is 13.1. The van der Waals surface area contributed by atoms with Gasteiger partial charge in [-0.2, -0.15) is 0 Å². The minimum absolute atomic E-state index is 0.197. The third kappa shape index (κ3) is 4.29. The molecule has 0 aliphatic carbocycles. The average molecular weight is 360 g/mol. The number of halogens is 4. The highest BCUT2D eigenvalue weighted by Gasteiger charge is 2.11. The van der Waals surface area contributed by atoms with Crippen molar-refractivity contribution in [1.29, 1.82) is 0 Å². The highest BCUT2D eigenvalue weighted by molar-refractivity contribution is 9.10. The summed E-state index contributed by atoms with van der Waals surface area (Å²) in [6.45, 7) is 0. The Labute approximate surface area is 130 Å². The molecule has 20 heavy (non-hydrogen) atoms. The summed E-state index contributed by atoms with van der Waals surface area (Å²) in [4.78, 5) is 0. The van der Waals surface area contributed by atoms with Crippen molar-refractivity contribution in [2.75, 3.05) is 5.88 Å². The van der Waals surface area contributed by atoms with Crippen LogP contribution in [-0.4, -0.2) is 5.88 Å². The van der Waals surface area contributed by atoms with Gasteiger partial charge in [-0.1, -0.05) is 34.1 Å². The SMILES string of the molecule is Fc1ccc(CC(CCl)Cc2ccc(Br)cc2)cc1F. The molecular formula is C16H14BrClF2. The Balaban J connectivity index is 2.04. The van der Waals surface area contributed by atoms with Crippen LogP contribution >= 0.6 is 27.5 Å². The van der Waals surface area contributed by atoms with Crippen LogP contribution in [0.5, 0.6) is 0 Å². The Bertz CT molecular complexity index is 569. The van der Waals surface area contributed by atoms with E-state index in [9.17, 15) is 8.78 Å². The number of rotatable bonds is 5. The molecule has 0 N–H and O–H groups in total. The maximum absolute atomic E-state index is 13.2. The maximum Gasteiger partial charge on any atom is 0.159 e. The van der Waals surface area contributed by atoms with Gasteiger partial charge in [-0.25, -0.2) is 8.78 Å². The molecule has 106 valence electrons. The van der Waals surface area contributed by atoms with Gasteiger partial charge in [0.15, 0.2) is 11.6 Å². The maximum atomic E-state index is 13.2. The fraction of sp³-hybridized carbons (Fsp3) is 0.250. The van der Waals surface area contributed by atoms with Crippen LogP contribution in [0, 0.1) is 17.6 Å². The highest BCUT2D eigenvalue weighted by atomic mass is 79.9. The molecule has 0 radical (unpaired) electrons. The number of benzene rings is 2. The lowest BCUT2D eigenvalue weighted by Crippen LogP contribution is -2.10. The van der Waals surface area contributed by atoms with E-state index in [2.05, 4.69) is 15.9 Å². The molecule has 0 fully saturated rings. The van der Waals surface area contributed by atoms with Crippen LogP contribution in [0.3, 0.4) is 0 Å². The minimum Gasteiger partial charge on any atom is -0.204 e. The Kier molecular flexibility index (Phi) is 5.55. The van der Waals surface area contributed by atoms with Crippen LogP contribution in [0.4, 0.5) is 8.78 Å². The first kappa shape index (κ1) is 15.5. The van der Waals surface area contributed by atoms with E-state index in [1.807, 2.05) is 24.3 Å². The van der Waals surface area contributed by atoms with E-state index in [1.165, 1.54) is 11.6 Å². The van der Waals surface area contributed by atoms with Crippen molar-refractivity contribution in [3.8, 4) is 0 Å². The summed E-state index contributed by atoms with van der Waals surface area (Å²) in [6, 6.07) is 12.1. The normalized spacial score (nSPS) is 12.4. The summed E-state index contributed by atoms with van der Waals surface area (Å²) in [5.74, 6) is -0.944. The van der Waals surface area contributed by atoms with E-state index >= 15 is 0 Å². The number of hydrogen-bond acceptors (Lipinski definition) is 0. The topological polar surface area (TPSA) is 0 Å². The zero-order valence-electron chi connectivity index (χ0n) is 10.8. The fourth-order valence-electron chi connectivity index (χ4n) is 2.14. The van der Waals surface area contributed by atoms with Gasteiger partial charge < -0.3 is 0 Å². The van der Waals surface area contributed by atoms with Crippen LogP contribution in [0.15, 0.2) is 46.9 Å². The van der Waals surface area contributed by atoms with Crippen molar-refractivity contribution in [2.45, 2.75) is 12.8 Å².